The van der Waals surface area contributed by atoms with Crippen molar-refractivity contribution in [3.63, 3.8) is 0 Å². The zero-order chi connectivity index (χ0) is 18.9. The van der Waals surface area contributed by atoms with Gasteiger partial charge in [-0.25, -0.2) is 0 Å². The molecule has 0 spiro atoms. The minimum atomic E-state index is -0.174. The largest absolute Gasteiger partial charge is 0.347 e. The van der Waals surface area contributed by atoms with Crippen molar-refractivity contribution in [3.05, 3.63) is 71.3 Å². The second-order valence-electron chi connectivity index (χ2n) is 6.03. The van der Waals surface area contributed by atoms with E-state index in [2.05, 4.69) is 11.4 Å². The quantitative estimate of drug-likeness (QED) is 0.835. The van der Waals surface area contributed by atoms with Gasteiger partial charge in [-0.1, -0.05) is 42.5 Å². The summed E-state index contributed by atoms with van der Waals surface area (Å²) in [6.45, 7) is 4.35. The highest BCUT2D eigenvalue weighted by atomic mass is 16.2. The third-order valence-corrected chi connectivity index (χ3v) is 4.30. The van der Waals surface area contributed by atoms with Crippen molar-refractivity contribution in [2.45, 2.75) is 26.3 Å². The van der Waals surface area contributed by atoms with Gasteiger partial charge in [-0.3, -0.25) is 9.59 Å². The Morgan fingerprint density at radius 2 is 1.77 bits per heavy atom. The van der Waals surface area contributed by atoms with Crippen molar-refractivity contribution in [2.75, 3.05) is 13.1 Å². The van der Waals surface area contributed by atoms with Gasteiger partial charge in [-0.05, 0) is 37.1 Å². The summed E-state index contributed by atoms with van der Waals surface area (Å²) >= 11 is 0. The van der Waals surface area contributed by atoms with Crippen LogP contribution >= 0.6 is 0 Å². The van der Waals surface area contributed by atoms with Crippen LogP contribution in [0.15, 0.2) is 54.6 Å². The fourth-order valence-electron chi connectivity index (χ4n) is 2.80. The summed E-state index contributed by atoms with van der Waals surface area (Å²) in [6, 6.07) is 18.6. The predicted octanol–water partition coefficient (Wildman–Crippen LogP) is 2.83. The lowest BCUT2D eigenvalue weighted by Crippen LogP contribution is -2.41. The zero-order valence-electron chi connectivity index (χ0n) is 15.1. The second-order valence-corrected chi connectivity index (χ2v) is 6.03. The van der Waals surface area contributed by atoms with Crippen LogP contribution in [-0.2, 0) is 16.0 Å². The van der Waals surface area contributed by atoms with E-state index in [1.165, 1.54) is 0 Å². The molecule has 5 heteroatoms. The molecule has 1 N–H and O–H groups in total. The molecule has 0 aromatic heterocycles. The Kier molecular flexibility index (Phi) is 6.92. The number of hydrogen-bond acceptors (Lipinski definition) is 3. The molecule has 0 bridgehead atoms. The third kappa shape index (κ3) is 5.18. The molecule has 2 amide bonds. The van der Waals surface area contributed by atoms with Crippen molar-refractivity contribution in [1.29, 1.82) is 5.26 Å². The lowest BCUT2D eigenvalue weighted by atomic mass is 10.0. The standard InChI is InChI=1S/C21H23N3O2/c1-3-24(16(2)19-11-9-18(14-22)10-12-19)21(26)15-23-20(25)13-17-7-5-4-6-8-17/h4-12,16H,3,13,15H2,1-2H3,(H,23,25)/t16-/m1/s1. The summed E-state index contributed by atoms with van der Waals surface area (Å²) in [4.78, 5) is 26.3. The number of nitriles is 1. The van der Waals surface area contributed by atoms with E-state index in [0.717, 1.165) is 11.1 Å². The minimum absolute atomic E-state index is 0.0277. The van der Waals surface area contributed by atoms with Gasteiger partial charge in [0.1, 0.15) is 0 Å². The number of benzene rings is 2. The van der Waals surface area contributed by atoms with Gasteiger partial charge in [0.05, 0.1) is 30.6 Å². The van der Waals surface area contributed by atoms with E-state index >= 15 is 0 Å². The third-order valence-electron chi connectivity index (χ3n) is 4.30. The maximum absolute atomic E-state index is 12.5. The minimum Gasteiger partial charge on any atom is -0.347 e. The molecular formula is C21H23N3O2. The first-order chi connectivity index (χ1) is 12.5. The Morgan fingerprint density at radius 1 is 1.12 bits per heavy atom. The average molecular weight is 349 g/mol. The van der Waals surface area contributed by atoms with E-state index in [1.54, 1.807) is 17.0 Å². The Bertz CT molecular complexity index is 779. The molecular weight excluding hydrogens is 326 g/mol. The van der Waals surface area contributed by atoms with Gasteiger partial charge in [0.25, 0.3) is 0 Å². The average Bonchev–Trinajstić information content (AvgIpc) is 2.67. The molecule has 134 valence electrons. The monoisotopic (exact) mass is 349 g/mol. The van der Waals surface area contributed by atoms with Gasteiger partial charge >= 0.3 is 0 Å². The number of rotatable bonds is 7. The highest BCUT2D eigenvalue weighted by molar-refractivity contribution is 5.86. The summed E-state index contributed by atoms with van der Waals surface area (Å²) in [5.41, 5.74) is 2.45. The van der Waals surface area contributed by atoms with E-state index in [4.69, 9.17) is 5.26 Å². The van der Waals surface area contributed by atoms with Crippen molar-refractivity contribution in [1.82, 2.24) is 10.2 Å². The number of hydrogen-bond donors (Lipinski definition) is 1. The topological polar surface area (TPSA) is 73.2 Å². The summed E-state index contributed by atoms with van der Waals surface area (Å²) in [6.07, 6.45) is 0.255. The summed E-state index contributed by atoms with van der Waals surface area (Å²) in [5, 5.41) is 11.6. The number of nitrogens with zero attached hydrogens (tertiary/aromatic N) is 2. The molecule has 0 saturated carbocycles. The fourth-order valence-corrected chi connectivity index (χ4v) is 2.80. The van der Waals surface area contributed by atoms with Gasteiger partial charge in [0.2, 0.25) is 11.8 Å². The van der Waals surface area contributed by atoms with E-state index in [-0.39, 0.29) is 30.8 Å². The highest BCUT2D eigenvalue weighted by Gasteiger charge is 2.20. The van der Waals surface area contributed by atoms with E-state index < -0.39 is 0 Å². The molecule has 0 unspecified atom stereocenters. The van der Waals surface area contributed by atoms with Crippen LogP contribution in [0.1, 0.15) is 36.6 Å². The maximum atomic E-state index is 12.5. The van der Waals surface area contributed by atoms with Crippen molar-refractivity contribution in [2.24, 2.45) is 0 Å². The number of carbonyl (C=O) groups is 2. The first-order valence-electron chi connectivity index (χ1n) is 8.65. The fraction of sp³-hybridized carbons (Fsp3) is 0.286. The second kappa shape index (κ2) is 9.38. The molecule has 0 aliphatic heterocycles. The molecule has 5 nitrogen and oxygen atoms in total. The first-order valence-corrected chi connectivity index (χ1v) is 8.65. The number of nitrogens with one attached hydrogen (secondary N) is 1. The lowest BCUT2D eigenvalue weighted by Gasteiger charge is -2.28. The van der Waals surface area contributed by atoms with Gasteiger partial charge in [0, 0.05) is 6.54 Å². The van der Waals surface area contributed by atoms with Crippen LogP contribution in [0.4, 0.5) is 0 Å². The molecule has 0 saturated heterocycles. The molecule has 2 rings (SSSR count). The molecule has 26 heavy (non-hydrogen) atoms. The summed E-state index contributed by atoms with van der Waals surface area (Å²) < 4.78 is 0. The maximum Gasteiger partial charge on any atom is 0.242 e. The lowest BCUT2D eigenvalue weighted by molar-refractivity contribution is -0.134. The molecule has 1 atom stereocenters. The van der Waals surface area contributed by atoms with Crippen LogP contribution in [-0.4, -0.2) is 29.8 Å². The van der Waals surface area contributed by atoms with Crippen LogP contribution in [0.2, 0.25) is 0 Å². The van der Waals surface area contributed by atoms with Crippen LogP contribution < -0.4 is 5.32 Å². The van der Waals surface area contributed by atoms with Crippen LogP contribution in [0.3, 0.4) is 0 Å². The molecule has 0 heterocycles. The Labute approximate surface area is 154 Å². The molecule has 0 aliphatic rings. The normalized spacial score (nSPS) is 11.3. The SMILES string of the molecule is CCN(C(=O)CNC(=O)Cc1ccccc1)[C@H](C)c1ccc(C#N)cc1. The Balaban J connectivity index is 1.92. The Morgan fingerprint density at radius 3 is 2.35 bits per heavy atom. The molecule has 0 radical (unpaired) electrons. The molecule has 2 aromatic carbocycles. The van der Waals surface area contributed by atoms with Crippen LogP contribution in [0, 0.1) is 11.3 Å². The summed E-state index contributed by atoms with van der Waals surface area (Å²) in [5.74, 6) is -0.308. The molecule has 2 aromatic rings. The van der Waals surface area contributed by atoms with Crippen LogP contribution in [0.25, 0.3) is 0 Å². The van der Waals surface area contributed by atoms with Crippen molar-refractivity contribution < 1.29 is 9.59 Å². The number of amides is 2. The van der Waals surface area contributed by atoms with E-state index in [1.807, 2.05) is 56.3 Å². The van der Waals surface area contributed by atoms with Crippen LogP contribution in [0.5, 0.6) is 0 Å². The van der Waals surface area contributed by atoms with Gasteiger partial charge in [-0.2, -0.15) is 5.26 Å². The van der Waals surface area contributed by atoms with Crippen molar-refractivity contribution >= 4 is 11.8 Å². The first kappa shape index (κ1) is 19.2. The van der Waals surface area contributed by atoms with E-state index in [0.29, 0.717) is 12.1 Å². The number of likely N-dealkylation sites (N-methyl/N-ethyl adjacent to an activating group) is 1. The predicted molar refractivity (Wildman–Crippen MR) is 100 cm³/mol. The van der Waals surface area contributed by atoms with Gasteiger partial charge < -0.3 is 10.2 Å². The van der Waals surface area contributed by atoms with Gasteiger partial charge in [-0.15, -0.1) is 0 Å². The van der Waals surface area contributed by atoms with Gasteiger partial charge in [0.15, 0.2) is 0 Å². The highest BCUT2D eigenvalue weighted by Crippen LogP contribution is 2.20. The Hall–Kier alpha value is -3.13. The van der Waals surface area contributed by atoms with E-state index in [9.17, 15) is 9.59 Å². The zero-order valence-corrected chi connectivity index (χ0v) is 15.1. The number of carbonyl (C=O) groups excluding carboxylic acids is 2. The molecule has 0 aliphatic carbocycles. The molecule has 0 fully saturated rings. The summed E-state index contributed by atoms with van der Waals surface area (Å²) in [7, 11) is 0. The van der Waals surface area contributed by atoms with Crippen molar-refractivity contribution in [3.8, 4) is 6.07 Å². The smallest absolute Gasteiger partial charge is 0.242 e.